The van der Waals surface area contributed by atoms with Gasteiger partial charge in [0.2, 0.25) is 0 Å². The zero-order valence-electron chi connectivity index (χ0n) is 17.4. The second-order valence-electron chi connectivity index (χ2n) is 7.01. The van der Waals surface area contributed by atoms with Gasteiger partial charge in [-0.25, -0.2) is 0 Å². The van der Waals surface area contributed by atoms with E-state index in [1.54, 1.807) is 0 Å². The molecule has 0 aromatic carbocycles. The van der Waals surface area contributed by atoms with E-state index in [9.17, 15) is 0 Å². The highest BCUT2D eigenvalue weighted by Crippen LogP contribution is 2.18. The van der Waals surface area contributed by atoms with Crippen molar-refractivity contribution in [1.82, 2.24) is 4.90 Å². The van der Waals surface area contributed by atoms with Crippen LogP contribution in [0.25, 0.3) is 0 Å². The molecule has 1 unspecified atom stereocenters. The summed E-state index contributed by atoms with van der Waals surface area (Å²) >= 11 is 0. The highest BCUT2D eigenvalue weighted by Gasteiger charge is 2.09. The first-order chi connectivity index (χ1) is 11.6. The lowest BCUT2D eigenvalue weighted by atomic mass is 9.99. The number of rotatable bonds is 14. The van der Waals surface area contributed by atoms with Crippen molar-refractivity contribution in [1.29, 1.82) is 0 Å². The average Bonchev–Trinajstić information content (AvgIpc) is 2.59. The fraction of sp³-hybridized carbons (Fsp3) is 0.739. The molecule has 0 aromatic heterocycles. The van der Waals surface area contributed by atoms with Crippen molar-refractivity contribution in [3.63, 3.8) is 0 Å². The van der Waals surface area contributed by atoms with E-state index in [0.717, 1.165) is 25.8 Å². The lowest BCUT2D eigenvalue weighted by molar-refractivity contribution is 0.395. The minimum absolute atomic E-state index is 0.656. The van der Waals surface area contributed by atoms with Gasteiger partial charge in [-0.1, -0.05) is 83.1 Å². The molecule has 0 amide bonds. The molecule has 0 fully saturated rings. The number of hydrogen-bond donors (Lipinski definition) is 0. The fourth-order valence-electron chi connectivity index (χ4n) is 2.99. The van der Waals surface area contributed by atoms with E-state index in [0.29, 0.717) is 5.92 Å². The van der Waals surface area contributed by atoms with Crippen molar-refractivity contribution in [2.45, 2.75) is 99.3 Å². The highest BCUT2D eigenvalue weighted by molar-refractivity contribution is 5.07. The molecular weight excluding hydrogens is 290 g/mol. The Morgan fingerprint density at radius 3 is 2.08 bits per heavy atom. The summed E-state index contributed by atoms with van der Waals surface area (Å²) in [6, 6.07) is 0. The highest BCUT2D eigenvalue weighted by atomic mass is 15.1. The summed E-state index contributed by atoms with van der Waals surface area (Å²) in [5.41, 5.74) is 3.00. The summed E-state index contributed by atoms with van der Waals surface area (Å²) in [6.45, 7) is 14.6. The molecule has 0 rings (SSSR count). The van der Waals surface area contributed by atoms with E-state index < -0.39 is 0 Å². The van der Waals surface area contributed by atoms with Crippen LogP contribution in [0.15, 0.2) is 35.7 Å². The number of nitrogens with zero attached hydrogens (tertiary/aromatic N) is 1. The predicted molar refractivity (Wildman–Crippen MR) is 111 cm³/mol. The minimum atomic E-state index is 0.656. The van der Waals surface area contributed by atoms with Gasteiger partial charge in [0.15, 0.2) is 0 Å². The van der Waals surface area contributed by atoms with Crippen molar-refractivity contribution in [3.8, 4) is 0 Å². The second-order valence-corrected chi connectivity index (χ2v) is 7.01. The monoisotopic (exact) mass is 333 g/mol. The van der Waals surface area contributed by atoms with Crippen molar-refractivity contribution in [2.75, 3.05) is 6.54 Å². The zero-order valence-corrected chi connectivity index (χ0v) is 17.4. The van der Waals surface area contributed by atoms with Gasteiger partial charge in [0.25, 0.3) is 0 Å². The number of hydrogen-bond acceptors (Lipinski definition) is 1. The van der Waals surface area contributed by atoms with E-state index in [-0.39, 0.29) is 0 Å². The Bertz CT molecular complexity index is 369. The molecule has 1 atom stereocenters. The van der Waals surface area contributed by atoms with Crippen molar-refractivity contribution >= 4 is 0 Å². The maximum Gasteiger partial charge on any atom is 0.0282 e. The summed E-state index contributed by atoms with van der Waals surface area (Å²) < 4.78 is 0. The Labute approximate surface area is 152 Å². The largest absolute Gasteiger partial charge is 0.354 e. The third-order valence-electron chi connectivity index (χ3n) is 4.79. The summed E-state index contributed by atoms with van der Waals surface area (Å²) in [6.07, 6.45) is 21.0. The Kier molecular flexibility index (Phi) is 14.9. The molecule has 1 nitrogen and oxygen atoms in total. The summed E-state index contributed by atoms with van der Waals surface area (Å²) in [5.74, 6) is 0.656. The van der Waals surface area contributed by atoms with Crippen molar-refractivity contribution < 1.29 is 0 Å². The molecule has 140 valence electrons. The molecule has 0 aliphatic rings. The quantitative estimate of drug-likeness (QED) is 0.231. The molecule has 0 bridgehead atoms. The topological polar surface area (TPSA) is 3.24 Å². The van der Waals surface area contributed by atoms with Gasteiger partial charge in [-0.05, 0) is 45.4 Å². The molecule has 0 radical (unpaired) electrons. The van der Waals surface area contributed by atoms with Gasteiger partial charge in [-0.2, -0.15) is 0 Å². The Balaban J connectivity index is 4.86. The molecule has 1 heteroatoms. The minimum Gasteiger partial charge on any atom is -0.354 e. The second kappa shape index (κ2) is 15.5. The van der Waals surface area contributed by atoms with Gasteiger partial charge in [-0.3, -0.25) is 0 Å². The Hall–Kier alpha value is -0.980. The third kappa shape index (κ3) is 11.5. The van der Waals surface area contributed by atoms with Gasteiger partial charge in [0, 0.05) is 18.9 Å². The number of unbranched alkanes of at least 4 members (excludes halogenated alkanes) is 4. The SMILES string of the molecule is C/C=C\C(CCCCCCC)CN(C=C(CC)CC)/C=C(/C)CC. The van der Waals surface area contributed by atoms with E-state index in [4.69, 9.17) is 0 Å². The standard InChI is InChI=1S/C23H43N/c1-7-12-13-14-15-17-23(16-8-2)20-24(18-21(6)9-3)19-22(10-4)11-5/h8,16,18-19,23H,7,9-15,17,20H2,1-6H3/b16-8-,21-18-. The van der Waals surface area contributed by atoms with Crippen LogP contribution in [0.3, 0.4) is 0 Å². The van der Waals surface area contributed by atoms with Crippen LogP contribution in [-0.4, -0.2) is 11.4 Å². The summed E-state index contributed by atoms with van der Waals surface area (Å²) in [4.78, 5) is 2.46. The fourth-order valence-corrected chi connectivity index (χ4v) is 2.99. The molecule has 0 aliphatic carbocycles. The first kappa shape index (κ1) is 23.0. The van der Waals surface area contributed by atoms with Crippen LogP contribution in [0.1, 0.15) is 99.3 Å². The Morgan fingerprint density at radius 2 is 1.54 bits per heavy atom. The predicted octanol–water partition coefficient (Wildman–Crippen LogP) is 7.86. The summed E-state index contributed by atoms with van der Waals surface area (Å²) in [7, 11) is 0. The van der Waals surface area contributed by atoms with Crippen LogP contribution >= 0.6 is 0 Å². The average molecular weight is 334 g/mol. The van der Waals surface area contributed by atoms with Crippen LogP contribution in [-0.2, 0) is 0 Å². The van der Waals surface area contributed by atoms with E-state index in [2.05, 4.69) is 71.0 Å². The summed E-state index contributed by atoms with van der Waals surface area (Å²) in [5, 5.41) is 0. The molecule has 0 aliphatic heterocycles. The maximum atomic E-state index is 2.46. The first-order valence-corrected chi connectivity index (χ1v) is 10.4. The third-order valence-corrected chi connectivity index (χ3v) is 4.79. The maximum absolute atomic E-state index is 2.46. The van der Waals surface area contributed by atoms with Crippen LogP contribution in [0.2, 0.25) is 0 Å². The van der Waals surface area contributed by atoms with Gasteiger partial charge in [0.05, 0.1) is 0 Å². The number of allylic oxidation sites excluding steroid dienone is 3. The van der Waals surface area contributed by atoms with E-state index in [1.807, 2.05) is 0 Å². The molecule has 0 aromatic rings. The molecule has 0 saturated carbocycles. The van der Waals surface area contributed by atoms with Gasteiger partial charge < -0.3 is 4.90 Å². The van der Waals surface area contributed by atoms with E-state index in [1.165, 1.54) is 49.7 Å². The molecule has 0 N–H and O–H groups in total. The van der Waals surface area contributed by atoms with Crippen LogP contribution in [0.5, 0.6) is 0 Å². The zero-order chi connectivity index (χ0) is 18.2. The molecule has 0 spiro atoms. The van der Waals surface area contributed by atoms with E-state index >= 15 is 0 Å². The van der Waals surface area contributed by atoms with Crippen LogP contribution in [0.4, 0.5) is 0 Å². The normalized spacial score (nSPS) is 13.3. The van der Waals surface area contributed by atoms with Crippen LogP contribution < -0.4 is 0 Å². The van der Waals surface area contributed by atoms with Gasteiger partial charge in [-0.15, -0.1) is 0 Å². The van der Waals surface area contributed by atoms with Crippen molar-refractivity contribution in [3.05, 3.63) is 35.7 Å². The van der Waals surface area contributed by atoms with Crippen molar-refractivity contribution in [2.24, 2.45) is 5.92 Å². The smallest absolute Gasteiger partial charge is 0.0282 e. The molecule has 0 saturated heterocycles. The van der Waals surface area contributed by atoms with Crippen LogP contribution in [0, 0.1) is 5.92 Å². The molecule has 0 heterocycles. The molecular formula is C23H43N. The lowest BCUT2D eigenvalue weighted by Crippen LogP contribution is -2.20. The van der Waals surface area contributed by atoms with Gasteiger partial charge in [0.1, 0.15) is 0 Å². The Morgan fingerprint density at radius 1 is 0.875 bits per heavy atom. The molecule has 24 heavy (non-hydrogen) atoms. The van der Waals surface area contributed by atoms with Gasteiger partial charge >= 0.3 is 0 Å². The first-order valence-electron chi connectivity index (χ1n) is 10.4. The lowest BCUT2D eigenvalue weighted by Gasteiger charge is -2.24.